The van der Waals surface area contributed by atoms with Gasteiger partial charge in [0.2, 0.25) is 0 Å². The monoisotopic (exact) mass is 335 g/mol. The SMILES string of the molecule is C#C[C@]1(CO)O[C@@H](n2cnc3c(N)nc(F)nc32)CC1OC(C)=O. The summed E-state index contributed by atoms with van der Waals surface area (Å²) in [5.41, 5.74) is 4.42. The predicted molar refractivity (Wildman–Crippen MR) is 78.6 cm³/mol. The van der Waals surface area contributed by atoms with Crippen LogP contribution in [0.5, 0.6) is 0 Å². The summed E-state index contributed by atoms with van der Waals surface area (Å²) < 4.78 is 25.7. The minimum Gasteiger partial charge on any atom is -0.458 e. The van der Waals surface area contributed by atoms with Crippen LogP contribution in [0.15, 0.2) is 6.33 Å². The van der Waals surface area contributed by atoms with Crippen LogP contribution in [0.4, 0.5) is 10.2 Å². The molecule has 10 heteroatoms. The number of hydrogen-bond acceptors (Lipinski definition) is 8. The van der Waals surface area contributed by atoms with Crippen molar-refractivity contribution in [1.82, 2.24) is 19.5 Å². The molecule has 3 heterocycles. The lowest BCUT2D eigenvalue weighted by molar-refractivity contribution is -0.156. The van der Waals surface area contributed by atoms with Gasteiger partial charge in [-0.2, -0.15) is 14.4 Å². The van der Waals surface area contributed by atoms with Crippen LogP contribution in [0.25, 0.3) is 11.2 Å². The summed E-state index contributed by atoms with van der Waals surface area (Å²) in [5.74, 6) is 1.65. The second kappa shape index (κ2) is 5.70. The van der Waals surface area contributed by atoms with Gasteiger partial charge in [-0.1, -0.05) is 5.92 Å². The number of rotatable bonds is 3. The van der Waals surface area contributed by atoms with Crippen LogP contribution in [0.3, 0.4) is 0 Å². The van der Waals surface area contributed by atoms with Gasteiger partial charge in [-0.25, -0.2) is 4.98 Å². The first kappa shape index (κ1) is 16.1. The van der Waals surface area contributed by atoms with E-state index in [2.05, 4.69) is 20.9 Å². The van der Waals surface area contributed by atoms with Crippen molar-refractivity contribution in [2.45, 2.75) is 31.3 Å². The highest BCUT2D eigenvalue weighted by Crippen LogP contribution is 2.39. The minimum atomic E-state index is -1.51. The van der Waals surface area contributed by atoms with Crippen molar-refractivity contribution in [2.24, 2.45) is 0 Å². The Kier molecular flexibility index (Phi) is 3.82. The maximum atomic E-state index is 13.4. The van der Waals surface area contributed by atoms with Gasteiger partial charge in [-0.3, -0.25) is 9.36 Å². The van der Waals surface area contributed by atoms with Crippen molar-refractivity contribution in [3.05, 3.63) is 12.4 Å². The zero-order valence-electron chi connectivity index (χ0n) is 12.6. The Hall–Kier alpha value is -2.77. The quantitative estimate of drug-likeness (QED) is 0.447. The molecule has 2 aromatic heterocycles. The van der Waals surface area contributed by atoms with E-state index in [-0.39, 0.29) is 23.4 Å². The fourth-order valence-electron chi connectivity index (χ4n) is 2.69. The topological polar surface area (TPSA) is 125 Å². The van der Waals surface area contributed by atoms with E-state index in [1.54, 1.807) is 0 Å². The Balaban J connectivity index is 2.02. The standard InChI is InChI=1S/C14H14FN5O4/c1-3-14(5-21)8(23-7(2)22)4-9(24-14)20-6-17-10-11(16)18-13(15)19-12(10)20/h1,6,8-9,21H,4-5H2,2H3,(H2,16,18,19)/t8?,9-,14-/m1/s1. The maximum Gasteiger partial charge on any atom is 0.312 e. The fourth-order valence-corrected chi connectivity index (χ4v) is 2.69. The van der Waals surface area contributed by atoms with Gasteiger partial charge in [-0.15, -0.1) is 6.42 Å². The van der Waals surface area contributed by atoms with Gasteiger partial charge in [0.1, 0.15) is 12.3 Å². The van der Waals surface area contributed by atoms with Gasteiger partial charge >= 0.3 is 12.0 Å². The van der Waals surface area contributed by atoms with E-state index in [1.165, 1.54) is 17.8 Å². The third-order valence-electron chi connectivity index (χ3n) is 3.80. The normalized spacial score (nSPS) is 26.4. The predicted octanol–water partition coefficient (Wildman–Crippen LogP) is -0.238. The fraction of sp³-hybridized carbons (Fsp3) is 0.429. The van der Waals surface area contributed by atoms with Gasteiger partial charge in [-0.05, 0) is 0 Å². The molecule has 1 fully saturated rings. The molecule has 24 heavy (non-hydrogen) atoms. The summed E-state index contributed by atoms with van der Waals surface area (Å²) in [4.78, 5) is 22.4. The molecule has 0 amide bonds. The number of aromatic nitrogens is 4. The van der Waals surface area contributed by atoms with Crippen LogP contribution < -0.4 is 5.73 Å². The van der Waals surface area contributed by atoms with Crippen molar-refractivity contribution >= 4 is 23.0 Å². The summed E-state index contributed by atoms with van der Waals surface area (Å²) in [6.45, 7) is 0.665. The molecule has 0 saturated carbocycles. The minimum absolute atomic E-state index is 0.109. The van der Waals surface area contributed by atoms with Crippen molar-refractivity contribution in [3.8, 4) is 12.3 Å². The van der Waals surface area contributed by atoms with Gasteiger partial charge in [0.25, 0.3) is 0 Å². The van der Waals surface area contributed by atoms with Crippen molar-refractivity contribution in [2.75, 3.05) is 12.3 Å². The molecule has 1 unspecified atom stereocenters. The molecule has 0 radical (unpaired) electrons. The highest BCUT2D eigenvalue weighted by molar-refractivity contribution is 5.81. The number of carbonyl (C=O) groups excluding carboxylic acids is 1. The van der Waals surface area contributed by atoms with E-state index in [4.69, 9.17) is 21.6 Å². The molecule has 0 aromatic carbocycles. The number of carbonyl (C=O) groups is 1. The number of anilines is 1. The van der Waals surface area contributed by atoms with Gasteiger partial charge in [0.05, 0.1) is 12.9 Å². The van der Waals surface area contributed by atoms with Crippen LogP contribution in [-0.4, -0.2) is 48.9 Å². The van der Waals surface area contributed by atoms with Crippen LogP contribution >= 0.6 is 0 Å². The maximum absolute atomic E-state index is 13.4. The largest absolute Gasteiger partial charge is 0.458 e. The zero-order chi connectivity index (χ0) is 17.5. The third kappa shape index (κ3) is 2.44. The number of imidazole rings is 1. The molecule has 1 aliphatic heterocycles. The van der Waals surface area contributed by atoms with Gasteiger partial charge < -0.3 is 20.3 Å². The molecular formula is C14H14FN5O4. The van der Waals surface area contributed by atoms with Crippen molar-refractivity contribution in [3.63, 3.8) is 0 Å². The van der Waals surface area contributed by atoms with E-state index in [0.29, 0.717) is 0 Å². The van der Waals surface area contributed by atoms with Gasteiger partial charge in [0, 0.05) is 13.3 Å². The summed E-state index contributed by atoms with van der Waals surface area (Å²) in [7, 11) is 0. The molecule has 1 aliphatic rings. The zero-order valence-corrected chi connectivity index (χ0v) is 12.6. The van der Waals surface area contributed by atoms with E-state index in [9.17, 15) is 14.3 Å². The first-order valence-electron chi connectivity index (χ1n) is 6.99. The number of aliphatic hydroxyl groups excluding tert-OH is 1. The van der Waals surface area contributed by atoms with Crippen LogP contribution in [0.2, 0.25) is 0 Å². The lowest BCUT2D eigenvalue weighted by atomic mass is 9.98. The Morgan fingerprint density at radius 2 is 2.46 bits per heavy atom. The molecule has 1 saturated heterocycles. The molecule has 0 spiro atoms. The number of esters is 1. The van der Waals surface area contributed by atoms with E-state index in [1.807, 2.05) is 0 Å². The number of aliphatic hydroxyl groups is 1. The van der Waals surface area contributed by atoms with Crippen LogP contribution in [-0.2, 0) is 14.3 Å². The average Bonchev–Trinajstić information content (AvgIpc) is 3.08. The Morgan fingerprint density at radius 1 is 1.71 bits per heavy atom. The van der Waals surface area contributed by atoms with E-state index in [0.717, 1.165) is 0 Å². The van der Waals surface area contributed by atoms with Crippen LogP contribution in [0, 0.1) is 18.4 Å². The molecule has 2 aromatic rings. The lowest BCUT2D eigenvalue weighted by Crippen LogP contribution is -2.43. The van der Waals surface area contributed by atoms with Crippen molar-refractivity contribution < 1.29 is 23.8 Å². The van der Waals surface area contributed by atoms with E-state index < -0.39 is 36.6 Å². The molecule has 0 aliphatic carbocycles. The molecule has 3 atom stereocenters. The number of nitrogen functional groups attached to an aromatic ring is 1. The number of terminal acetylenes is 1. The second-order valence-electron chi connectivity index (χ2n) is 5.30. The smallest absolute Gasteiger partial charge is 0.312 e. The molecule has 3 N–H and O–H groups in total. The Bertz CT molecular complexity index is 848. The lowest BCUT2D eigenvalue weighted by Gasteiger charge is -2.26. The van der Waals surface area contributed by atoms with Crippen LogP contribution in [0.1, 0.15) is 19.6 Å². The second-order valence-corrected chi connectivity index (χ2v) is 5.30. The molecule has 3 rings (SSSR count). The average molecular weight is 335 g/mol. The highest BCUT2D eigenvalue weighted by Gasteiger charge is 2.50. The molecule has 9 nitrogen and oxygen atoms in total. The summed E-state index contributed by atoms with van der Waals surface area (Å²) >= 11 is 0. The van der Waals surface area contributed by atoms with Gasteiger partial charge in [0.15, 0.2) is 22.6 Å². The molecule has 0 bridgehead atoms. The van der Waals surface area contributed by atoms with Crippen molar-refractivity contribution in [1.29, 1.82) is 0 Å². The highest BCUT2D eigenvalue weighted by atomic mass is 19.1. The first-order chi connectivity index (χ1) is 11.4. The molecule has 126 valence electrons. The number of fused-ring (bicyclic) bond motifs is 1. The Morgan fingerprint density at radius 3 is 3.08 bits per heavy atom. The molecular weight excluding hydrogens is 321 g/mol. The Labute approximate surface area is 135 Å². The summed E-state index contributed by atoms with van der Waals surface area (Å²) in [5, 5.41) is 9.63. The summed E-state index contributed by atoms with van der Waals surface area (Å²) in [6, 6.07) is 0. The number of ether oxygens (including phenoxy) is 2. The number of hydrogen-bond donors (Lipinski definition) is 2. The number of halogens is 1. The number of nitrogens with zero attached hydrogens (tertiary/aromatic N) is 4. The summed E-state index contributed by atoms with van der Waals surface area (Å²) in [6.07, 6.45) is 4.26. The first-order valence-corrected chi connectivity index (χ1v) is 6.99. The van der Waals surface area contributed by atoms with E-state index >= 15 is 0 Å². The third-order valence-corrected chi connectivity index (χ3v) is 3.80. The number of nitrogens with two attached hydrogens (primary N) is 1.